The quantitative estimate of drug-likeness (QED) is 0.613. The highest BCUT2D eigenvalue weighted by Crippen LogP contribution is 2.33. The van der Waals surface area contributed by atoms with Gasteiger partial charge in [0.15, 0.2) is 0 Å². The van der Waals surface area contributed by atoms with Gasteiger partial charge in [-0.05, 0) is 15.9 Å². The van der Waals surface area contributed by atoms with Crippen LogP contribution in [-0.4, -0.2) is 21.1 Å². The van der Waals surface area contributed by atoms with Gasteiger partial charge in [0.1, 0.15) is 5.69 Å². The van der Waals surface area contributed by atoms with Gasteiger partial charge in [-0.1, -0.05) is 11.6 Å². The van der Waals surface area contributed by atoms with E-state index in [2.05, 4.69) is 37.1 Å². The van der Waals surface area contributed by atoms with E-state index in [1.54, 1.807) is 0 Å². The minimum atomic E-state index is 0.595. The third-order valence-corrected chi connectivity index (χ3v) is 2.81. The fourth-order valence-electron chi connectivity index (χ4n) is 0.958. The fourth-order valence-corrected chi connectivity index (χ4v) is 1.73. The Kier molecular flexibility index (Phi) is 2.90. The Morgan fingerprint density at radius 2 is 1.85 bits per heavy atom. The third-order valence-electron chi connectivity index (χ3n) is 1.84. The van der Waals surface area contributed by atoms with E-state index in [1.165, 1.54) is 0 Å². The Labute approximate surface area is 92.0 Å². The van der Waals surface area contributed by atoms with Gasteiger partial charge in [-0.2, -0.15) is 0 Å². The van der Waals surface area contributed by atoms with Crippen LogP contribution in [0.2, 0.25) is 5.02 Å². The predicted molar refractivity (Wildman–Crippen MR) is 63.1 cm³/mol. The van der Waals surface area contributed by atoms with Crippen LogP contribution < -0.4 is 10.2 Å². The van der Waals surface area contributed by atoms with Crippen LogP contribution in [0.25, 0.3) is 0 Å². The van der Waals surface area contributed by atoms with E-state index in [9.17, 15) is 0 Å². The smallest absolute Gasteiger partial charge is 0.134 e. The highest BCUT2D eigenvalue weighted by Gasteiger charge is 2.15. The molecule has 13 heavy (non-hydrogen) atoms. The molecule has 0 radical (unpaired) electrons. The zero-order valence-corrected chi connectivity index (χ0v) is 10.3. The number of anilines is 1. The summed E-state index contributed by atoms with van der Waals surface area (Å²) in [6, 6.07) is 3.88. The van der Waals surface area contributed by atoms with Crippen LogP contribution in [0.1, 0.15) is 0 Å². The number of nitrogen functional groups attached to an aromatic ring is 1. The van der Waals surface area contributed by atoms with E-state index < -0.39 is 0 Å². The SMILES string of the molecule is C[N+](C)(C)c1cc(Cl)c(N)c(Br)c1. The average molecular weight is 265 g/mol. The lowest BCUT2D eigenvalue weighted by Crippen LogP contribution is -2.34. The Bertz CT molecular complexity index is 308. The van der Waals surface area contributed by atoms with Gasteiger partial charge in [-0.25, -0.2) is 0 Å². The molecular weight excluding hydrogens is 251 g/mol. The molecule has 0 atom stereocenters. The summed E-state index contributed by atoms with van der Waals surface area (Å²) in [5.74, 6) is 0. The molecule has 0 fully saturated rings. The number of halogens is 2. The normalized spacial score (nSPS) is 11.8. The molecule has 0 amide bonds. The summed E-state index contributed by atoms with van der Waals surface area (Å²) in [6.07, 6.45) is 0. The Morgan fingerprint density at radius 3 is 2.23 bits per heavy atom. The summed E-state index contributed by atoms with van der Waals surface area (Å²) < 4.78 is 1.57. The molecule has 0 aliphatic rings. The van der Waals surface area contributed by atoms with Crippen LogP contribution in [0.4, 0.5) is 11.4 Å². The summed E-state index contributed by atoms with van der Waals surface area (Å²) >= 11 is 9.33. The second-order valence-corrected chi connectivity index (χ2v) is 5.10. The van der Waals surface area contributed by atoms with Crippen LogP contribution in [0.5, 0.6) is 0 Å². The Morgan fingerprint density at radius 1 is 1.31 bits per heavy atom. The molecule has 2 N–H and O–H groups in total. The first-order valence-electron chi connectivity index (χ1n) is 3.89. The molecule has 0 heterocycles. The number of nitrogens with two attached hydrogens (primary N) is 1. The summed E-state index contributed by atoms with van der Waals surface area (Å²) in [5, 5.41) is 0.595. The van der Waals surface area contributed by atoms with E-state index in [1.807, 2.05) is 12.1 Å². The number of nitrogens with zero attached hydrogens (tertiary/aromatic N) is 1. The van der Waals surface area contributed by atoms with Crippen LogP contribution in [0, 0.1) is 0 Å². The van der Waals surface area contributed by atoms with Crippen LogP contribution >= 0.6 is 27.5 Å². The lowest BCUT2D eigenvalue weighted by Gasteiger charge is -2.24. The Hall–Kier alpha value is -0.250. The average Bonchev–Trinajstić information content (AvgIpc) is 1.97. The fraction of sp³-hybridized carbons (Fsp3) is 0.333. The topological polar surface area (TPSA) is 26.0 Å². The number of quaternary nitrogens is 1. The van der Waals surface area contributed by atoms with E-state index in [4.69, 9.17) is 17.3 Å². The van der Waals surface area contributed by atoms with Crippen molar-refractivity contribution in [2.24, 2.45) is 0 Å². The van der Waals surface area contributed by atoms with Gasteiger partial charge in [0.05, 0.1) is 31.9 Å². The Balaban J connectivity index is 3.29. The molecule has 0 saturated carbocycles. The minimum absolute atomic E-state index is 0.595. The third kappa shape index (κ3) is 2.36. The molecule has 0 unspecified atom stereocenters. The van der Waals surface area contributed by atoms with E-state index >= 15 is 0 Å². The first-order chi connectivity index (χ1) is 5.82. The summed E-state index contributed by atoms with van der Waals surface area (Å²) in [7, 11) is 6.23. The van der Waals surface area contributed by atoms with Gasteiger partial charge in [0.2, 0.25) is 0 Å². The van der Waals surface area contributed by atoms with Crippen molar-refractivity contribution < 1.29 is 0 Å². The van der Waals surface area contributed by atoms with Crippen LogP contribution in [0.15, 0.2) is 16.6 Å². The van der Waals surface area contributed by atoms with Crippen LogP contribution in [0.3, 0.4) is 0 Å². The highest BCUT2D eigenvalue weighted by molar-refractivity contribution is 9.10. The van der Waals surface area contributed by atoms with Crippen molar-refractivity contribution in [1.82, 2.24) is 4.48 Å². The molecule has 1 aromatic rings. The van der Waals surface area contributed by atoms with Gasteiger partial charge >= 0.3 is 0 Å². The molecule has 72 valence electrons. The maximum atomic E-state index is 5.96. The molecule has 1 aromatic carbocycles. The zero-order valence-electron chi connectivity index (χ0n) is 7.94. The van der Waals surface area contributed by atoms with Gasteiger partial charge in [-0.3, -0.25) is 4.48 Å². The van der Waals surface area contributed by atoms with Crippen molar-refractivity contribution in [3.05, 3.63) is 21.6 Å². The van der Waals surface area contributed by atoms with Crippen molar-refractivity contribution >= 4 is 38.9 Å². The summed E-state index contributed by atoms with van der Waals surface area (Å²) in [6.45, 7) is 0. The second kappa shape index (κ2) is 3.48. The molecule has 0 aliphatic heterocycles. The van der Waals surface area contributed by atoms with Crippen LogP contribution in [-0.2, 0) is 0 Å². The standard InChI is InChI=1S/C9H13BrClN2/c1-13(2,3)6-4-7(10)9(12)8(11)5-6/h4-5H,12H2,1-3H3/q+1. The molecule has 2 nitrogen and oxygen atoms in total. The molecule has 4 heteroatoms. The maximum Gasteiger partial charge on any atom is 0.134 e. The zero-order chi connectivity index (χ0) is 10.2. The maximum absolute atomic E-state index is 5.96. The van der Waals surface area contributed by atoms with E-state index in [0.29, 0.717) is 10.7 Å². The molecule has 1 rings (SSSR count). The first kappa shape index (κ1) is 10.8. The van der Waals surface area contributed by atoms with Crippen molar-refractivity contribution in [3.63, 3.8) is 0 Å². The van der Waals surface area contributed by atoms with Crippen molar-refractivity contribution in [2.45, 2.75) is 0 Å². The minimum Gasteiger partial charge on any atom is -0.397 e. The van der Waals surface area contributed by atoms with Gasteiger partial charge < -0.3 is 5.73 Å². The lowest BCUT2D eigenvalue weighted by atomic mass is 10.2. The van der Waals surface area contributed by atoms with Gasteiger partial charge in [0.25, 0.3) is 0 Å². The summed E-state index contributed by atoms with van der Waals surface area (Å²) in [4.78, 5) is 0. The molecule has 0 saturated heterocycles. The highest BCUT2D eigenvalue weighted by atomic mass is 79.9. The monoisotopic (exact) mass is 263 g/mol. The molecule has 0 spiro atoms. The molecule has 0 bridgehead atoms. The first-order valence-corrected chi connectivity index (χ1v) is 5.06. The molecule has 0 aliphatic carbocycles. The molecule has 0 aromatic heterocycles. The van der Waals surface area contributed by atoms with Crippen molar-refractivity contribution in [3.8, 4) is 0 Å². The second-order valence-electron chi connectivity index (χ2n) is 3.84. The predicted octanol–water partition coefficient (Wildman–Crippen LogP) is 2.88. The molecular formula is C9H13BrClN2+. The number of rotatable bonds is 1. The lowest BCUT2D eigenvalue weighted by molar-refractivity contribution is 0.486. The van der Waals surface area contributed by atoms with Crippen molar-refractivity contribution in [2.75, 3.05) is 26.9 Å². The van der Waals surface area contributed by atoms with E-state index in [-0.39, 0.29) is 0 Å². The number of hydrogen-bond acceptors (Lipinski definition) is 1. The summed E-state index contributed by atoms with van der Waals surface area (Å²) in [5.41, 5.74) is 7.42. The van der Waals surface area contributed by atoms with E-state index in [0.717, 1.165) is 14.6 Å². The number of benzene rings is 1. The number of hydrogen-bond donors (Lipinski definition) is 1. The van der Waals surface area contributed by atoms with Gasteiger partial charge in [-0.15, -0.1) is 0 Å². The van der Waals surface area contributed by atoms with Crippen molar-refractivity contribution in [1.29, 1.82) is 0 Å². The van der Waals surface area contributed by atoms with Gasteiger partial charge in [0, 0.05) is 16.6 Å². The largest absolute Gasteiger partial charge is 0.397 e.